The van der Waals surface area contributed by atoms with Gasteiger partial charge < -0.3 is 14.2 Å². The first-order valence-electron chi connectivity index (χ1n) is 11.1. The van der Waals surface area contributed by atoms with Gasteiger partial charge in [0.05, 0.1) is 12.2 Å². The maximum atomic E-state index is 12.7. The predicted molar refractivity (Wildman–Crippen MR) is 115 cm³/mol. The summed E-state index contributed by atoms with van der Waals surface area (Å²) in [6.07, 6.45) is 4.55. The fourth-order valence-electron chi connectivity index (χ4n) is 3.47. The van der Waals surface area contributed by atoms with Crippen LogP contribution in [-0.4, -0.2) is 30.9 Å². The van der Waals surface area contributed by atoms with Gasteiger partial charge in [0.25, 0.3) is 0 Å². The molecule has 0 heterocycles. The van der Waals surface area contributed by atoms with Gasteiger partial charge in [-0.25, -0.2) is 9.59 Å². The number of carbonyl (C=O) groups excluding carboxylic acids is 2. The Balaban J connectivity index is 2.76. The van der Waals surface area contributed by atoms with Gasteiger partial charge in [-0.2, -0.15) is 0 Å². The van der Waals surface area contributed by atoms with Crippen molar-refractivity contribution in [2.75, 3.05) is 6.61 Å². The lowest BCUT2D eigenvalue weighted by molar-refractivity contribution is -0.0456. The minimum atomic E-state index is -0.642. The molecule has 0 saturated carbocycles. The molecule has 0 N–H and O–H groups in total. The van der Waals surface area contributed by atoms with Crippen LogP contribution in [-0.2, 0) is 20.6 Å². The van der Waals surface area contributed by atoms with E-state index in [1.807, 2.05) is 52.0 Å². The van der Waals surface area contributed by atoms with Crippen molar-refractivity contribution in [1.29, 1.82) is 0 Å². The van der Waals surface area contributed by atoms with Crippen LogP contribution < -0.4 is 0 Å². The highest BCUT2D eigenvalue weighted by Gasteiger charge is 2.32. The Hall–Kier alpha value is -2.04. The molecule has 0 aliphatic heterocycles. The van der Waals surface area contributed by atoms with Gasteiger partial charge in [0.2, 0.25) is 0 Å². The van der Waals surface area contributed by atoms with Gasteiger partial charge in [0.15, 0.2) is 0 Å². The number of carbonyl (C=O) groups is 2. The van der Waals surface area contributed by atoms with E-state index in [1.165, 1.54) is 5.56 Å². The summed E-state index contributed by atoms with van der Waals surface area (Å²) >= 11 is 0. The van der Waals surface area contributed by atoms with E-state index in [1.54, 1.807) is 0 Å². The standard InChI is InChI=1S/C24H38O5/c1-6-11-17-27-24(26)29-22(10-5)20(8-3)21(9-4)28-23(25)19-15-13-18(12-7-2)14-16-19/h13-16,20-22H,6-12,17H2,1-5H3. The van der Waals surface area contributed by atoms with Gasteiger partial charge in [0, 0.05) is 5.92 Å². The molecule has 0 saturated heterocycles. The van der Waals surface area contributed by atoms with Gasteiger partial charge in [0.1, 0.15) is 12.2 Å². The third-order valence-corrected chi connectivity index (χ3v) is 5.18. The Labute approximate surface area is 176 Å². The van der Waals surface area contributed by atoms with E-state index in [0.29, 0.717) is 25.0 Å². The van der Waals surface area contributed by atoms with Crippen molar-refractivity contribution in [1.82, 2.24) is 0 Å². The Morgan fingerprint density at radius 1 is 0.828 bits per heavy atom. The Morgan fingerprint density at radius 3 is 1.97 bits per heavy atom. The molecule has 0 fully saturated rings. The summed E-state index contributed by atoms with van der Waals surface area (Å²) in [6, 6.07) is 7.59. The number of hydrogen-bond acceptors (Lipinski definition) is 5. The summed E-state index contributed by atoms with van der Waals surface area (Å²) in [4.78, 5) is 24.7. The van der Waals surface area contributed by atoms with Crippen LogP contribution in [0.5, 0.6) is 0 Å². The minimum Gasteiger partial charge on any atom is -0.458 e. The molecule has 5 nitrogen and oxygen atoms in total. The Bertz CT molecular complexity index is 596. The summed E-state index contributed by atoms with van der Waals surface area (Å²) < 4.78 is 16.5. The first-order valence-corrected chi connectivity index (χ1v) is 11.1. The first-order chi connectivity index (χ1) is 14.0. The zero-order chi connectivity index (χ0) is 21.6. The number of unbranched alkanes of at least 4 members (excludes halogenated alkanes) is 1. The molecule has 0 aliphatic rings. The third-order valence-electron chi connectivity index (χ3n) is 5.18. The molecule has 1 aromatic carbocycles. The molecule has 1 aromatic rings. The molecule has 5 heteroatoms. The van der Waals surface area contributed by atoms with E-state index in [9.17, 15) is 9.59 Å². The van der Waals surface area contributed by atoms with Gasteiger partial charge in [-0.05, 0) is 49.8 Å². The van der Waals surface area contributed by atoms with Crippen molar-refractivity contribution in [3.63, 3.8) is 0 Å². The Morgan fingerprint density at radius 2 is 1.45 bits per heavy atom. The molecule has 3 unspecified atom stereocenters. The van der Waals surface area contributed by atoms with Crippen molar-refractivity contribution in [3.05, 3.63) is 35.4 Å². The SMILES string of the molecule is CCCCOC(=O)OC(CC)C(CC)C(CC)OC(=O)c1ccc(CCC)cc1. The second-order valence-corrected chi connectivity index (χ2v) is 7.39. The zero-order valence-corrected chi connectivity index (χ0v) is 18.7. The van der Waals surface area contributed by atoms with Crippen LogP contribution in [0.25, 0.3) is 0 Å². The highest BCUT2D eigenvalue weighted by molar-refractivity contribution is 5.89. The average Bonchev–Trinajstić information content (AvgIpc) is 2.73. The van der Waals surface area contributed by atoms with Crippen LogP contribution in [0.1, 0.15) is 89.1 Å². The number of ether oxygens (including phenoxy) is 3. The fraction of sp³-hybridized carbons (Fsp3) is 0.667. The molecule has 164 valence electrons. The molecule has 0 aromatic heterocycles. The van der Waals surface area contributed by atoms with E-state index in [0.717, 1.165) is 32.1 Å². The minimum absolute atomic E-state index is 0.0768. The molecular formula is C24H38O5. The molecule has 0 bridgehead atoms. The molecule has 0 amide bonds. The van der Waals surface area contributed by atoms with E-state index >= 15 is 0 Å². The highest BCUT2D eigenvalue weighted by atomic mass is 16.7. The Kier molecular flexibility index (Phi) is 12.1. The van der Waals surface area contributed by atoms with Gasteiger partial charge in [-0.1, -0.05) is 59.6 Å². The summed E-state index contributed by atoms with van der Waals surface area (Å²) in [6.45, 7) is 10.5. The molecular weight excluding hydrogens is 368 g/mol. The van der Waals surface area contributed by atoms with Crippen molar-refractivity contribution in [2.24, 2.45) is 5.92 Å². The second-order valence-electron chi connectivity index (χ2n) is 7.39. The van der Waals surface area contributed by atoms with Crippen molar-refractivity contribution < 1.29 is 23.8 Å². The molecule has 0 spiro atoms. The highest BCUT2D eigenvalue weighted by Crippen LogP contribution is 2.25. The molecule has 3 atom stereocenters. The summed E-state index contributed by atoms with van der Waals surface area (Å²) in [5.41, 5.74) is 1.76. The molecule has 1 rings (SSSR count). The summed E-state index contributed by atoms with van der Waals surface area (Å²) in [5, 5.41) is 0. The fourth-order valence-corrected chi connectivity index (χ4v) is 3.47. The van der Waals surface area contributed by atoms with Crippen LogP contribution in [0.2, 0.25) is 0 Å². The smallest absolute Gasteiger partial charge is 0.458 e. The second kappa shape index (κ2) is 14.0. The van der Waals surface area contributed by atoms with Crippen LogP contribution >= 0.6 is 0 Å². The maximum Gasteiger partial charge on any atom is 0.508 e. The molecule has 29 heavy (non-hydrogen) atoms. The zero-order valence-electron chi connectivity index (χ0n) is 18.7. The quantitative estimate of drug-likeness (QED) is 0.283. The van der Waals surface area contributed by atoms with Crippen molar-refractivity contribution in [3.8, 4) is 0 Å². The van der Waals surface area contributed by atoms with E-state index in [-0.39, 0.29) is 24.1 Å². The lowest BCUT2D eigenvalue weighted by Gasteiger charge is -2.31. The van der Waals surface area contributed by atoms with Crippen LogP contribution in [0, 0.1) is 5.92 Å². The maximum absolute atomic E-state index is 12.7. The number of benzene rings is 1. The van der Waals surface area contributed by atoms with E-state index in [4.69, 9.17) is 14.2 Å². The largest absolute Gasteiger partial charge is 0.508 e. The molecule has 0 radical (unpaired) electrons. The monoisotopic (exact) mass is 406 g/mol. The summed E-state index contributed by atoms with van der Waals surface area (Å²) in [7, 11) is 0. The number of aryl methyl sites for hydroxylation is 1. The van der Waals surface area contributed by atoms with Crippen LogP contribution in [0.4, 0.5) is 4.79 Å². The van der Waals surface area contributed by atoms with Crippen molar-refractivity contribution >= 4 is 12.1 Å². The van der Waals surface area contributed by atoms with Gasteiger partial charge in [-0.15, -0.1) is 0 Å². The average molecular weight is 407 g/mol. The molecule has 0 aliphatic carbocycles. The lowest BCUT2D eigenvalue weighted by Crippen LogP contribution is -2.37. The number of hydrogen-bond donors (Lipinski definition) is 0. The predicted octanol–water partition coefficient (Wildman–Crippen LogP) is 6.33. The topological polar surface area (TPSA) is 61.8 Å². The van der Waals surface area contributed by atoms with Crippen molar-refractivity contribution in [2.45, 2.75) is 91.8 Å². The van der Waals surface area contributed by atoms with E-state index in [2.05, 4.69) is 6.92 Å². The third kappa shape index (κ3) is 8.46. The number of esters is 1. The number of rotatable bonds is 13. The van der Waals surface area contributed by atoms with Gasteiger partial charge in [-0.3, -0.25) is 0 Å². The van der Waals surface area contributed by atoms with Gasteiger partial charge >= 0.3 is 12.1 Å². The first kappa shape index (κ1) is 25.0. The van der Waals surface area contributed by atoms with Crippen LogP contribution in [0.15, 0.2) is 24.3 Å². The van der Waals surface area contributed by atoms with E-state index < -0.39 is 6.16 Å². The lowest BCUT2D eigenvalue weighted by atomic mass is 9.89. The normalized spacial score (nSPS) is 14.0. The summed E-state index contributed by atoms with van der Waals surface area (Å²) in [5.74, 6) is -0.411. The van der Waals surface area contributed by atoms with Crippen LogP contribution in [0.3, 0.4) is 0 Å².